The first-order valence-corrected chi connectivity index (χ1v) is 12.4. The Morgan fingerprint density at radius 3 is 1.97 bits per heavy atom. The highest BCUT2D eigenvalue weighted by atomic mass is 16.5. The Morgan fingerprint density at radius 2 is 1.25 bits per heavy atom. The largest absolute Gasteiger partial charge is 0.497 e. The number of aromatic nitrogens is 1. The summed E-state index contributed by atoms with van der Waals surface area (Å²) in [5.74, 6) is 0.880. The Kier molecular flexibility index (Phi) is 3.96. The van der Waals surface area contributed by atoms with Gasteiger partial charge in [0.15, 0.2) is 0 Å². The van der Waals surface area contributed by atoms with Gasteiger partial charge in [0.1, 0.15) is 5.75 Å². The van der Waals surface area contributed by atoms with E-state index in [1.54, 1.807) is 7.11 Å². The topological polar surface area (TPSA) is 14.2 Å². The fourth-order valence-electron chi connectivity index (χ4n) is 6.08. The van der Waals surface area contributed by atoms with Crippen molar-refractivity contribution >= 4 is 43.4 Å². The quantitative estimate of drug-likeness (QED) is 0.251. The van der Waals surface area contributed by atoms with Gasteiger partial charge in [0.2, 0.25) is 0 Å². The SMILES string of the molecule is COc1ccc(-c2cc3c4c(c2)c2cc5ccccc5cc2n4-c2cc4ccccc4cc2C3)cc1. The standard InChI is InChI=1S/C34H23NO/c1-36-29-12-10-21(11-13-29)26-15-28-16-27-14-22-6-2-4-8-24(22)19-32(27)35-33-20-25-9-5-3-7-23(25)17-30(33)31(18-26)34(28)35/h2-15,17-20H,16H2,1H3. The van der Waals surface area contributed by atoms with Crippen LogP contribution in [0.4, 0.5) is 0 Å². The van der Waals surface area contributed by atoms with E-state index < -0.39 is 0 Å². The number of nitrogens with zero attached hydrogens (tertiary/aromatic N) is 1. The van der Waals surface area contributed by atoms with Crippen LogP contribution in [0.15, 0.2) is 109 Å². The second kappa shape index (κ2) is 7.22. The van der Waals surface area contributed by atoms with Crippen LogP contribution in [-0.4, -0.2) is 11.7 Å². The molecule has 1 aliphatic heterocycles. The molecule has 1 aromatic heterocycles. The van der Waals surface area contributed by atoms with Gasteiger partial charge in [-0.3, -0.25) is 0 Å². The first-order valence-electron chi connectivity index (χ1n) is 12.4. The fourth-order valence-corrected chi connectivity index (χ4v) is 6.08. The molecule has 0 unspecified atom stereocenters. The van der Waals surface area contributed by atoms with Crippen LogP contribution in [0.25, 0.3) is 60.2 Å². The smallest absolute Gasteiger partial charge is 0.118 e. The number of hydrogen-bond acceptors (Lipinski definition) is 1. The summed E-state index contributed by atoms with van der Waals surface area (Å²) in [6.45, 7) is 0. The van der Waals surface area contributed by atoms with E-state index in [0.29, 0.717) is 0 Å². The van der Waals surface area contributed by atoms with E-state index in [1.165, 1.54) is 71.3 Å². The minimum absolute atomic E-state index is 0.880. The second-order valence-electron chi connectivity index (χ2n) is 9.82. The molecule has 8 rings (SSSR count). The molecule has 0 radical (unpaired) electrons. The molecule has 0 atom stereocenters. The zero-order valence-electron chi connectivity index (χ0n) is 20.0. The van der Waals surface area contributed by atoms with Crippen LogP contribution < -0.4 is 4.74 Å². The summed E-state index contributed by atoms with van der Waals surface area (Å²) in [6, 6.07) is 40.0. The minimum atomic E-state index is 0.880. The molecule has 170 valence electrons. The molecule has 2 heteroatoms. The Balaban J connectivity index is 1.51. The number of methoxy groups -OCH3 is 1. The van der Waals surface area contributed by atoms with Gasteiger partial charge in [0.05, 0.1) is 23.8 Å². The highest BCUT2D eigenvalue weighted by molar-refractivity contribution is 6.16. The molecule has 0 amide bonds. The molecule has 0 aliphatic carbocycles. The van der Waals surface area contributed by atoms with Crippen molar-refractivity contribution in [2.24, 2.45) is 0 Å². The molecule has 0 saturated heterocycles. The highest BCUT2D eigenvalue weighted by Crippen LogP contribution is 2.43. The number of hydrogen-bond donors (Lipinski definition) is 0. The Hall–Kier alpha value is -4.56. The molecule has 6 aromatic carbocycles. The average molecular weight is 462 g/mol. The van der Waals surface area contributed by atoms with E-state index in [0.717, 1.165) is 12.2 Å². The van der Waals surface area contributed by atoms with Gasteiger partial charge in [-0.15, -0.1) is 0 Å². The lowest BCUT2D eigenvalue weighted by Gasteiger charge is -2.22. The monoisotopic (exact) mass is 461 g/mol. The maximum atomic E-state index is 5.40. The summed E-state index contributed by atoms with van der Waals surface area (Å²) in [5, 5.41) is 7.75. The van der Waals surface area contributed by atoms with Gasteiger partial charge in [-0.2, -0.15) is 0 Å². The lowest BCUT2D eigenvalue weighted by atomic mass is 9.92. The normalized spacial score (nSPS) is 12.5. The lowest BCUT2D eigenvalue weighted by molar-refractivity contribution is 0.415. The molecule has 0 bridgehead atoms. The van der Waals surface area contributed by atoms with E-state index >= 15 is 0 Å². The second-order valence-corrected chi connectivity index (χ2v) is 9.82. The van der Waals surface area contributed by atoms with Crippen LogP contribution in [0.3, 0.4) is 0 Å². The molecule has 0 spiro atoms. The zero-order chi connectivity index (χ0) is 23.8. The van der Waals surface area contributed by atoms with Crippen molar-refractivity contribution in [3.8, 4) is 22.6 Å². The van der Waals surface area contributed by atoms with Crippen molar-refractivity contribution in [2.45, 2.75) is 6.42 Å². The third kappa shape index (κ3) is 2.73. The Labute approximate surface area is 209 Å². The summed E-state index contributed by atoms with van der Waals surface area (Å²) in [5.41, 5.74) is 9.11. The van der Waals surface area contributed by atoms with Crippen molar-refractivity contribution in [2.75, 3.05) is 7.11 Å². The first kappa shape index (κ1) is 19.7. The molecular weight excluding hydrogens is 438 g/mol. The van der Waals surface area contributed by atoms with Gasteiger partial charge in [-0.05, 0) is 92.3 Å². The summed E-state index contributed by atoms with van der Waals surface area (Å²) >= 11 is 0. The molecule has 0 N–H and O–H groups in total. The highest BCUT2D eigenvalue weighted by Gasteiger charge is 2.24. The maximum Gasteiger partial charge on any atom is 0.118 e. The van der Waals surface area contributed by atoms with Crippen LogP contribution in [0.1, 0.15) is 11.1 Å². The maximum absolute atomic E-state index is 5.40. The van der Waals surface area contributed by atoms with Gasteiger partial charge in [-0.25, -0.2) is 0 Å². The summed E-state index contributed by atoms with van der Waals surface area (Å²) in [4.78, 5) is 0. The Morgan fingerprint density at radius 1 is 0.583 bits per heavy atom. The van der Waals surface area contributed by atoms with E-state index in [1.807, 2.05) is 12.1 Å². The van der Waals surface area contributed by atoms with Gasteiger partial charge < -0.3 is 9.30 Å². The predicted octanol–water partition coefficient (Wildman–Crippen LogP) is 8.67. The summed E-state index contributed by atoms with van der Waals surface area (Å²) in [7, 11) is 1.71. The molecule has 0 fully saturated rings. The van der Waals surface area contributed by atoms with Crippen molar-refractivity contribution in [1.29, 1.82) is 0 Å². The zero-order valence-corrected chi connectivity index (χ0v) is 20.0. The van der Waals surface area contributed by atoms with Crippen LogP contribution in [0.2, 0.25) is 0 Å². The van der Waals surface area contributed by atoms with Crippen molar-refractivity contribution in [3.63, 3.8) is 0 Å². The van der Waals surface area contributed by atoms with E-state index in [4.69, 9.17) is 4.74 Å². The molecule has 2 nitrogen and oxygen atoms in total. The van der Waals surface area contributed by atoms with Crippen LogP contribution in [0.5, 0.6) is 5.75 Å². The van der Waals surface area contributed by atoms with Crippen LogP contribution >= 0.6 is 0 Å². The average Bonchev–Trinajstić information content (AvgIpc) is 3.25. The Bertz CT molecular complexity index is 1990. The van der Waals surface area contributed by atoms with E-state index in [2.05, 4.69) is 102 Å². The van der Waals surface area contributed by atoms with Gasteiger partial charge >= 0.3 is 0 Å². The fraction of sp³-hybridized carbons (Fsp3) is 0.0588. The van der Waals surface area contributed by atoms with Gasteiger partial charge in [0.25, 0.3) is 0 Å². The predicted molar refractivity (Wildman–Crippen MR) is 151 cm³/mol. The molecular formula is C34H23NO. The summed E-state index contributed by atoms with van der Waals surface area (Å²) in [6.07, 6.45) is 0.927. The molecule has 1 aliphatic rings. The minimum Gasteiger partial charge on any atom is -0.497 e. The molecule has 36 heavy (non-hydrogen) atoms. The van der Waals surface area contributed by atoms with E-state index in [9.17, 15) is 0 Å². The number of rotatable bonds is 2. The molecule has 0 saturated carbocycles. The summed E-state index contributed by atoms with van der Waals surface area (Å²) < 4.78 is 7.91. The number of benzene rings is 6. The molecule has 7 aromatic rings. The van der Waals surface area contributed by atoms with Gasteiger partial charge in [0, 0.05) is 17.2 Å². The third-order valence-electron chi connectivity index (χ3n) is 7.80. The van der Waals surface area contributed by atoms with Crippen molar-refractivity contribution in [3.05, 3.63) is 120 Å². The van der Waals surface area contributed by atoms with E-state index in [-0.39, 0.29) is 0 Å². The number of ether oxygens (including phenoxy) is 1. The van der Waals surface area contributed by atoms with Crippen LogP contribution in [0, 0.1) is 0 Å². The first-order chi connectivity index (χ1) is 17.8. The van der Waals surface area contributed by atoms with Crippen LogP contribution in [-0.2, 0) is 6.42 Å². The van der Waals surface area contributed by atoms with Gasteiger partial charge in [-0.1, -0.05) is 60.7 Å². The van der Waals surface area contributed by atoms with Crippen molar-refractivity contribution in [1.82, 2.24) is 4.57 Å². The molecule has 2 heterocycles. The van der Waals surface area contributed by atoms with Crippen molar-refractivity contribution < 1.29 is 4.74 Å². The lowest BCUT2D eigenvalue weighted by Crippen LogP contribution is -2.08. The number of fused-ring (bicyclic) bond motifs is 7. The third-order valence-corrected chi connectivity index (χ3v) is 7.80.